The second-order valence-corrected chi connectivity index (χ2v) is 6.50. The Hall–Kier alpha value is -2.75. The molecule has 1 aliphatic rings. The number of benzene rings is 1. The molecule has 1 aromatic carbocycles. The summed E-state index contributed by atoms with van der Waals surface area (Å²) in [6, 6.07) is 7.30. The molecule has 1 atom stereocenters. The van der Waals surface area contributed by atoms with E-state index in [-0.39, 0.29) is 36.4 Å². The fraction of sp³-hybridized carbons (Fsp3) is 0.267. The number of aromatic amines is 1. The van der Waals surface area contributed by atoms with Crippen LogP contribution in [0.15, 0.2) is 33.5 Å². The van der Waals surface area contributed by atoms with Gasteiger partial charge < -0.3 is 4.90 Å². The first-order valence-electron chi connectivity index (χ1n) is 7.49. The van der Waals surface area contributed by atoms with Gasteiger partial charge >= 0.3 is 0 Å². The molecule has 0 saturated carbocycles. The van der Waals surface area contributed by atoms with Crippen molar-refractivity contribution in [2.24, 2.45) is 5.92 Å². The van der Waals surface area contributed by atoms with E-state index < -0.39 is 11.5 Å². The van der Waals surface area contributed by atoms with Gasteiger partial charge in [-0.05, 0) is 31.2 Å². The summed E-state index contributed by atoms with van der Waals surface area (Å²) in [5, 5.41) is 7.36. The number of halogens is 1. The highest BCUT2D eigenvalue weighted by molar-refractivity contribution is 9.10. The van der Waals surface area contributed by atoms with Crippen LogP contribution in [0.25, 0.3) is 0 Å². The molecule has 10 heteroatoms. The number of carbonyl (C=O) groups excluding carboxylic acids is 2. The van der Waals surface area contributed by atoms with Gasteiger partial charge in [0.15, 0.2) is 0 Å². The van der Waals surface area contributed by atoms with Crippen LogP contribution >= 0.6 is 15.9 Å². The van der Waals surface area contributed by atoms with Gasteiger partial charge in [-0.2, -0.15) is 0 Å². The highest BCUT2D eigenvalue weighted by Gasteiger charge is 2.35. The maximum Gasteiger partial charge on any atom is 0.274 e. The Kier molecular flexibility index (Phi) is 4.79. The maximum atomic E-state index is 12.2. The van der Waals surface area contributed by atoms with Gasteiger partial charge in [-0.1, -0.05) is 15.9 Å². The minimum absolute atomic E-state index is 0.0260. The van der Waals surface area contributed by atoms with Crippen molar-refractivity contribution in [2.45, 2.75) is 13.3 Å². The number of hydrazine groups is 1. The number of hydrogen-bond donors (Lipinski definition) is 3. The molecule has 1 fully saturated rings. The lowest BCUT2D eigenvalue weighted by Crippen LogP contribution is -2.37. The Morgan fingerprint density at radius 2 is 2.00 bits per heavy atom. The van der Waals surface area contributed by atoms with Crippen molar-refractivity contribution >= 4 is 39.4 Å². The Morgan fingerprint density at radius 3 is 2.68 bits per heavy atom. The summed E-state index contributed by atoms with van der Waals surface area (Å²) in [7, 11) is 0. The summed E-state index contributed by atoms with van der Waals surface area (Å²) in [5.74, 6) is -0.964. The zero-order valence-electron chi connectivity index (χ0n) is 13.2. The van der Waals surface area contributed by atoms with Crippen LogP contribution in [0.1, 0.15) is 12.1 Å². The average molecular weight is 407 g/mol. The van der Waals surface area contributed by atoms with Crippen LogP contribution in [0.3, 0.4) is 0 Å². The molecule has 3 N–H and O–H groups in total. The topological polar surface area (TPSA) is 120 Å². The molecule has 1 aliphatic heterocycles. The van der Waals surface area contributed by atoms with E-state index in [1.54, 1.807) is 4.90 Å². The maximum absolute atomic E-state index is 12.2. The standard InChI is InChI=1S/C15H15BrN6O3/c1-8-13(24)17-15(20-18-8)21-19-14(25)9-6-12(23)22(7-9)11-4-2-10(16)3-5-11/h2-5,9H,6-7H2,1H3,(H,19,25)(H2,17,20,21,24)/t9-/m1/s1. The lowest BCUT2D eigenvalue weighted by molar-refractivity contribution is -0.125. The zero-order valence-corrected chi connectivity index (χ0v) is 14.8. The van der Waals surface area contributed by atoms with Crippen LogP contribution in [-0.4, -0.2) is 33.5 Å². The van der Waals surface area contributed by atoms with E-state index >= 15 is 0 Å². The summed E-state index contributed by atoms with van der Waals surface area (Å²) in [4.78, 5) is 39.9. The predicted octanol–water partition coefficient (Wildman–Crippen LogP) is 0.732. The monoisotopic (exact) mass is 406 g/mol. The fourth-order valence-electron chi connectivity index (χ4n) is 2.43. The summed E-state index contributed by atoms with van der Waals surface area (Å²) < 4.78 is 0.912. The molecular formula is C15H15BrN6O3. The van der Waals surface area contributed by atoms with Crippen molar-refractivity contribution in [3.63, 3.8) is 0 Å². The average Bonchev–Trinajstić information content (AvgIpc) is 2.98. The Balaban J connectivity index is 1.61. The van der Waals surface area contributed by atoms with Gasteiger partial charge in [-0.3, -0.25) is 30.2 Å². The number of carbonyl (C=O) groups is 2. The third-order valence-electron chi connectivity index (χ3n) is 3.80. The smallest absolute Gasteiger partial charge is 0.274 e. The van der Waals surface area contributed by atoms with Crippen molar-refractivity contribution < 1.29 is 9.59 Å². The van der Waals surface area contributed by atoms with Gasteiger partial charge in [0.2, 0.25) is 17.8 Å². The molecule has 2 heterocycles. The first-order chi connectivity index (χ1) is 11.9. The van der Waals surface area contributed by atoms with Crippen LogP contribution in [-0.2, 0) is 9.59 Å². The van der Waals surface area contributed by atoms with Crippen LogP contribution in [0.4, 0.5) is 11.6 Å². The molecule has 2 amide bonds. The molecule has 0 radical (unpaired) electrons. The van der Waals surface area contributed by atoms with E-state index in [9.17, 15) is 14.4 Å². The molecule has 1 saturated heterocycles. The molecule has 9 nitrogen and oxygen atoms in total. The number of aryl methyl sites for hydroxylation is 1. The highest BCUT2D eigenvalue weighted by atomic mass is 79.9. The van der Waals surface area contributed by atoms with Gasteiger partial charge in [0.05, 0.1) is 5.92 Å². The van der Waals surface area contributed by atoms with E-state index in [0.717, 1.165) is 10.2 Å². The molecule has 0 unspecified atom stereocenters. The number of aromatic nitrogens is 3. The van der Waals surface area contributed by atoms with Gasteiger partial charge in [0.1, 0.15) is 5.69 Å². The van der Waals surface area contributed by atoms with E-state index in [4.69, 9.17) is 0 Å². The molecule has 0 spiro atoms. The highest BCUT2D eigenvalue weighted by Crippen LogP contribution is 2.26. The van der Waals surface area contributed by atoms with E-state index in [2.05, 4.69) is 42.0 Å². The van der Waals surface area contributed by atoms with Crippen molar-refractivity contribution in [1.29, 1.82) is 0 Å². The number of hydrogen-bond acceptors (Lipinski definition) is 6. The molecule has 0 aliphatic carbocycles. The van der Waals surface area contributed by atoms with Crippen LogP contribution in [0, 0.1) is 12.8 Å². The van der Waals surface area contributed by atoms with Crippen molar-refractivity contribution in [1.82, 2.24) is 20.6 Å². The molecule has 0 bridgehead atoms. The van der Waals surface area contributed by atoms with Gasteiger partial charge in [-0.15, -0.1) is 10.2 Å². The number of nitrogens with one attached hydrogen (secondary N) is 3. The van der Waals surface area contributed by atoms with E-state index in [0.29, 0.717) is 0 Å². The van der Waals surface area contributed by atoms with Crippen molar-refractivity contribution in [3.8, 4) is 0 Å². The quantitative estimate of drug-likeness (QED) is 0.643. The fourth-order valence-corrected chi connectivity index (χ4v) is 2.69. The lowest BCUT2D eigenvalue weighted by Gasteiger charge is -2.17. The van der Waals surface area contributed by atoms with E-state index in [1.807, 2.05) is 24.3 Å². The van der Waals surface area contributed by atoms with Gasteiger partial charge in [-0.25, -0.2) is 0 Å². The van der Waals surface area contributed by atoms with Crippen molar-refractivity contribution in [2.75, 3.05) is 16.9 Å². The minimum atomic E-state index is -0.506. The number of anilines is 2. The van der Waals surface area contributed by atoms with Gasteiger partial charge in [0.25, 0.3) is 5.56 Å². The minimum Gasteiger partial charge on any atom is -0.312 e. The molecular weight excluding hydrogens is 392 g/mol. The number of amides is 2. The lowest BCUT2D eigenvalue weighted by atomic mass is 10.1. The Labute approximate surface area is 150 Å². The normalized spacial score (nSPS) is 16.8. The molecule has 2 aromatic rings. The number of nitrogens with zero attached hydrogens (tertiary/aromatic N) is 3. The second-order valence-electron chi connectivity index (χ2n) is 5.58. The summed E-state index contributed by atoms with van der Waals surface area (Å²) in [6.45, 7) is 1.80. The van der Waals surface area contributed by atoms with Crippen molar-refractivity contribution in [3.05, 3.63) is 44.8 Å². The SMILES string of the molecule is Cc1nnc(NNC(=O)[C@@H]2CC(=O)N(c3ccc(Br)cc3)C2)[nH]c1=O. The summed E-state index contributed by atoms with van der Waals surface area (Å²) in [5.41, 5.74) is 5.51. The van der Waals surface area contributed by atoms with E-state index in [1.165, 1.54) is 6.92 Å². The third kappa shape index (κ3) is 3.85. The predicted molar refractivity (Wildman–Crippen MR) is 93.8 cm³/mol. The number of H-pyrrole nitrogens is 1. The Bertz CT molecular complexity index is 866. The molecule has 130 valence electrons. The molecule has 1 aromatic heterocycles. The first-order valence-corrected chi connectivity index (χ1v) is 8.29. The molecule has 25 heavy (non-hydrogen) atoms. The van der Waals surface area contributed by atoms with Crippen LogP contribution in [0.2, 0.25) is 0 Å². The summed E-state index contributed by atoms with van der Waals surface area (Å²) in [6.07, 6.45) is 0.111. The Morgan fingerprint density at radius 1 is 1.28 bits per heavy atom. The largest absolute Gasteiger partial charge is 0.312 e. The second kappa shape index (κ2) is 7.01. The number of rotatable bonds is 4. The van der Waals surface area contributed by atoms with Crippen LogP contribution < -0.4 is 21.3 Å². The third-order valence-corrected chi connectivity index (χ3v) is 4.33. The van der Waals surface area contributed by atoms with Gasteiger partial charge in [0, 0.05) is 23.1 Å². The van der Waals surface area contributed by atoms with Crippen LogP contribution in [0.5, 0.6) is 0 Å². The summed E-state index contributed by atoms with van der Waals surface area (Å²) >= 11 is 3.34. The first kappa shape index (κ1) is 17.1. The zero-order chi connectivity index (χ0) is 18.0. The molecule has 3 rings (SSSR count).